The summed E-state index contributed by atoms with van der Waals surface area (Å²) in [4.78, 5) is 38.1. The van der Waals surface area contributed by atoms with Crippen LogP contribution in [-0.2, 0) is 17.9 Å². The number of amides is 3. The fourth-order valence-corrected chi connectivity index (χ4v) is 5.05. The first kappa shape index (κ1) is 23.0. The van der Waals surface area contributed by atoms with Crippen molar-refractivity contribution in [2.75, 3.05) is 33.2 Å². The number of rotatable bonds is 4. The summed E-state index contributed by atoms with van der Waals surface area (Å²) < 4.78 is 0. The Morgan fingerprint density at radius 3 is 2.38 bits per heavy atom. The van der Waals surface area contributed by atoms with E-state index in [-0.39, 0.29) is 5.91 Å². The third-order valence-electron chi connectivity index (χ3n) is 6.58. The number of imide groups is 1. The number of carbonyl (C=O) groups excluding carboxylic acids is 2. The Morgan fingerprint density at radius 1 is 0.941 bits per heavy atom. The highest BCUT2D eigenvalue weighted by Crippen LogP contribution is 2.29. The van der Waals surface area contributed by atoms with Gasteiger partial charge in [0, 0.05) is 46.3 Å². The van der Waals surface area contributed by atoms with E-state index in [9.17, 15) is 9.59 Å². The van der Waals surface area contributed by atoms with E-state index in [1.54, 1.807) is 13.1 Å². The lowest BCUT2D eigenvalue weighted by molar-refractivity contribution is -0.127. The van der Waals surface area contributed by atoms with Gasteiger partial charge in [-0.25, -0.2) is 9.79 Å². The van der Waals surface area contributed by atoms with Crippen LogP contribution < -0.4 is 5.32 Å². The molecule has 5 rings (SSSR count). The molecule has 34 heavy (non-hydrogen) atoms. The van der Waals surface area contributed by atoms with Crippen LogP contribution in [0.25, 0.3) is 0 Å². The zero-order valence-electron chi connectivity index (χ0n) is 18.8. The van der Waals surface area contributed by atoms with Gasteiger partial charge in [-0.2, -0.15) is 0 Å². The number of fused-ring (bicyclic) bond motifs is 1. The van der Waals surface area contributed by atoms with E-state index in [4.69, 9.17) is 28.2 Å². The molecule has 8 nitrogen and oxygen atoms in total. The van der Waals surface area contributed by atoms with Crippen molar-refractivity contribution in [3.05, 3.63) is 69.7 Å². The normalized spacial score (nSPS) is 23.1. The van der Waals surface area contributed by atoms with E-state index < -0.39 is 18.2 Å². The fourth-order valence-electron chi connectivity index (χ4n) is 4.73. The average Bonchev–Trinajstić information content (AvgIpc) is 3.21. The van der Waals surface area contributed by atoms with Crippen molar-refractivity contribution < 1.29 is 9.59 Å². The summed E-state index contributed by atoms with van der Waals surface area (Å²) in [7, 11) is 1.67. The third-order valence-corrected chi connectivity index (χ3v) is 7.32. The summed E-state index contributed by atoms with van der Waals surface area (Å²) in [5.41, 5.74) is 2.20. The van der Waals surface area contributed by atoms with Crippen LogP contribution in [0.4, 0.5) is 4.79 Å². The van der Waals surface area contributed by atoms with Gasteiger partial charge in [-0.3, -0.25) is 15.0 Å². The molecule has 3 amide bonds. The van der Waals surface area contributed by atoms with Gasteiger partial charge in [0.25, 0.3) is 5.91 Å². The molecule has 0 saturated carbocycles. The van der Waals surface area contributed by atoms with Gasteiger partial charge in [-0.1, -0.05) is 59.6 Å². The lowest BCUT2D eigenvalue weighted by Crippen LogP contribution is -2.64. The van der Waals surface area contributed by atoms with Crippen molar-refractivity contribution in [3.8, 4) is 0 Å². The summed E-state index contributed by atoms with van der Waals surface area (Å²) in [6, 6.07) is 14.9. The van der Waals surface area contributed by atoms with Gasteiger partial charge >= 0.3 is 6.03 Å². The molecule has 2 unspecified atom stereocenters. The number of benzene rings is 2. The molecule has 0 bridgehead atoms. The van der Waals surface area contributed by atoms with E-state index in [2.05, 4.69) is 39.4 Å². The van der Waals surface area contributed by atoms with Crippen molar-refractivity contribution >= 4 is 41.1 Å². The zero-order chi connectivity index (χ0) is 23.8. The molecule has 178 valence electrons. The first-order valence-electron chi connectivity index (χ1n) is 11.3. The minimum atomic E-state index is -0.602. The van der Waals surface area contributed by atoms with Crippen LogP contribution in [-0.4, -0.2) is 82.9 Å². The first-order valence-corrected chi connectivity index (χ1v) is 12.0. The minimum absolute atomic E-state index is 0.338. The standard InChI is InChI=1S/C24H26Cl2N6O2/c1-29-21-20(22(33)28-24(29)34)32(15-17-7-8-18(25)19(26)13-17)23(27-21)31-11-9-30(10-12-31)14-16-5-3-2-4-6-16/h2-8,13,20-21H,9-12,14-15H2,1H3,(H,28,33,34). The number of nitrogens with one attached hydrogen (secondary N) is 1. The maximum atomic E-state index is 12.9. The smallest absolute Gasteiger partial charge is 0.325 e. The Labute approximate surface area is 208 Å². The van der Waals surface area contributed by atoms with E-state index in [0.29, 0.717) is 16.6 Å². The molecule has 2 aromatic carbocycles. The van der Waals surface area contributed by atoms with Crippen molar-refractivity contribution in [2.45, 2.75) is 25.3 Å². The molecule has 2 fully saturated rings. The van der Waals surface area contributed by atoms with E-state index in [0.717, 1.165) is 44.2 Å². The predicted octanol–water partition coefficient (Wildman–Crippen LogP) is 2.86. The first-order chi connectivity index (χ1) is 16.4. The Bertz CT molecular complexity index is 1120. The Balaban J connectivity index is 1.36. The highest BCUT2D eigenvalue weighted by molar-refractivity contribution is 6.42. The largest absolute Gasteiger partial charge is 0.340 e. The Hall–Kier alpha value is -2.81. The molecule has 2 saturated heterocycles. The minimum Gasteiger partial charge on any atom is -0.340 e. The van der Waals surface area contributed by atoms with Gasteiger partial charge in [-0.15, -0.1) is 0 Å². The molecular formula is C24H26Cl2N6O2. The molecule has 1 N–H and O–H groups in total. The fraction of sp³-hybridized carbons (Fsp3) is 0.375. The molecule has 0 aromatic heterocycles. The van der Waals surface area contributed by atoms with E-state index >= 15 is 0 Å². The molecule has 0 spiro atoms. The predicted molar refractivity (Wildman–Crippen MR) is 132 cm³/mol. The van der Waals surface area contributed by atoms with Crippen LogP contribution in [0.15, 0.2) is 53.5 Å². The number of halogens is 2. The second kappa shape index (κ2) is 9.44. The van der Waals surface area contributed by atoms with Crippen molar-refractivity contribution in [3.63, 3.8) is 0 Å². The van der Waals surface area contributed by atoms with Gasteiger partial charge in [0.2, 0.25) is 0 Å². The SMILES string of the molecule is CN1C(=O)NC(=O)C2C1N=C(N1CCN(Cc3ccccc3)CC1)N2Cc1ccc(Cl)c(Cl)c1. The molecule has 3 aliphatic rings. The summed E-state index contributed by atoms with van der Waals surface area (Å²) in [5.74, 6) is 0.395. The van der Waals surface area contributed by atoms with Crippen molar-refractivity contribution in [2.24, 2.45) is 4.99 Å². The lowest BCUT2D eigenvalue weighted by atomic mass is 10.1. The molecule has 0 aliphatic carbocycles. The monoisotopic (exact) mass is 500 g/mol. The third kappa shape index (κ3) is 4.45. The number of urea groups is 1. The summed E-state index contributed by atoms with van der Waals surface area (Å²) >= 11 is 12.3. The van der Waals surface area contributed by atoms with Crippen LogP contribution in [0, 0.1) is 0 Å². The van der Waals surface area contributed by atoms with Gasteiger partial charge in [0.05, 0.1) is 10.0 Å². The number of nitrogens with zero attached hydrogens (tertiary/aromatic N) is 5. The number of carbonyl (C=O) groups is 2. The van der Waals surface area contributed by atoms with Gasteiger partial charge < -0.3 is 14.7 Å². The molecule has 3 heterocycles. The van der Waals surface area contributed by atoms with Crippen molar-refractivity contribution in [1.82, 2.24) is 24.9 Å². The topological polar surface area (TPSA) is 71.5 Å². The second-order valence-electron chi connectivity index (χ2n) is 8.82. The van der Waals surface area contributed by atoms with Gasteiger partial charge in [0.1, 0.15) is 0 Å². The summed E-state index contributed by atoms with van der Waals surface area (Å²) in [6.45, 7) is 4.65. The van der Waals surface area contributed by atoms with E-state index in [1.165, 1.54) is 10.5 Å². The second-order valence-corrected chi connectivity index (χ2v) is 9.63. The lowest BCUT2D eigenvalue weighted by Gasteiger charge is -2.40. The van der Waals surface area contributed by atoms with Crippen LogP contribution >= 0.6 is 23.2 Å². The summed E-state index contributed by atoms with van der Waals surface area (Å²) in [5, 5.41) is 3.40. The summed E-state index contributed by atoms with van der Waals surface area (Å²) in [6.07, 6.45) is -0.568. The number of guanidine groups is 1. The highest BCUT2D eigenvalue weighted by Gasteiger charge is 2.49. The maximum absolute atomic E-state index is 12.9. The molecule has 2 aromatic rings. The quantitative estimate of drug-likeness (QED) is 0.698. The van der Waals surface area contributed by atoms with E-state index in [1.807, 2.05) is 23.1 Å². The van der Waals surface area contributed by atoms with Crippen LogP contribution in [0.1, 0.15) is 11.1 Å². The van der Waals surface area contributed by atoms with Gasteiger partial charge in [-0.05, 0) is 23.3 Å². The van der Waals surface area contributed by atoms with Crippen LogP contribution in [0.2, 0.25) is 10.0 Å². The molecule has 3 aliphatic heterocycles. The van der Waals surface area contributed by atoms with Crippen LogP contribution in [0.5, 0.6) is 0 Å². The molecular weight excluding hydrogens is 475 g/mol. The molecule has 0 radical (unpaired) electrons. The molecule has 2 atom stereocenters. The number of hydrogen-bond donors (Lipinski definition) is 1. The number of hydrogen-bond acceptors (Lipinski definition) is 6. The van der Waals surface area contributed by atoms with Gasteiger partial charge in [0.15, 0.2) is 18.2 Å². The number of piperazine rings is 1. The maximum Gasteiger partial charge on any atom is 0.325 e. The van der Waals surface area contributed by atoms with Crippen LogP contribution in [0.3, 0.4) is 0 Å². The highest BCUT2D eigenvalue weighted by atomic mass is 35.5. The Morgan fingerprint density at radius 2 is 1.68 bits per heavy atom. The Kier molecular flexibility index (Phi) is 6.38. The average molecular weight is 501 g/mol. The number of likely N-dealkylation sites (N-methyl/N-ethyl adjacent to an activating group) is 1. The number of aliphatic imine (C=N–C) groups is 1. The van der Waals surface area contributed by atoms with Crippen molar-refractivity contribution in [1.29, 1.82) is 0 Å². The zero-order valence-corrected chi connectivity index (χ0v) is 20.3. The molecule has 10 heteroatoms.